The molecule has 0 bridgehead atoms. The van der Waals surface area contributed by atoms with Crippen molar-refractivity contribution in [1.29, 1.82) is 0 Å². The molecule has 2 N–H and O–H groups in total. The summed E-state index contributed by atoms with van der Waals surface area (Å²) in [6, 6.07) is 24.4. The van der Waals surface area contributed by atoms with E-state index in [1.807, 2.05) is 66.7 Å². The zero-order valence-corrected chi connectivity index (χ0v) is 17.9. The highest BCUT2D eigenvalue weighted by Gasteiger charge is 2.08. The van der Waals surface area contributed by atoms with Gasteiger partial charge in [-0.05, 0) is 53.8 Å². The van der Waals surface area contributed by atoms with E-state index in [0.29, 0.717) is 18.4 Å². The van der Waals surface area contributed by atoms with Crippen LogP contribution in [0.2, 0.25) is 0 Å². The first-order valence-corrected chi connectivity index (χ1v) is 10.9. The molecule has 0 saturated heterocycles. The van der Waals surface area contributed by atoms with Gasteiger partial charge in [-0.2, -0.15) is 0 Å². The van der Waals surface area contributed by atoms with Crippen molar-refractivity contribution in [3.05, 3.63) is 95.6 Å². The van der Waals surface area contributed by atoms with Gasteiger partial charge in [0.15, 0.2) is 5.78 Å². The van der Waals surface area contributed by atoms with Crippen LogP contribution >= 0.6 is 0 Å². The Morgan fingerprint density at radius 2 is 1.39 bits per heavy atom. The molecule has 0 heterocycles. The average Bonchev–Trinajstić information content (AvgIpc) is 2.74. The molecule has 0 atom stereocenters. The van der Waals surface area contributed by atoms with Crippen LogP contribution in [0.3, 0.4) is 0 Å². The molecule has 0 aliphatic rings. The minimum atomic E-state index is -0.143. The summed E-state index contributed by atoms with van der Waals surface area (Å²) in [5.41, 5.74) is 4.20. The predicted molar refractivity (Wildman–Crippen MR) is 117 cm³/mol. The van der Waals surface area contributed by atoms with Gasteiger partial charge in [0.25, 0.3) is 5.91 Å². The lowest BCUT2D eigenvalue weighted by Gasteiger charge is -2.08. The number of benzene rings is 3. The Bertz CT molecular complexity index is 923. The van der Waals surface area contributed by atoms with Gasteiger partial charge in [0.2, 0.25) is 16.3 Å². The van der Waals surface area contributed by atoms with E-state index in [0.717, 1.165) is 44.2 Å². The van der Waals surface area contributed by atoms with Crippen LogP contribution in [-0.2, 0) is 6.42 Å². The number of carbonyl (C=O) groups excluding carboxylic acids is 2. The summed E-state index contributed by atoms with van der Waals surface area (Å²) in [6.45, 7) is 0. The Labute approximate surface area is 173 Å². The van der Waals surface area contributed by atoms with Gasteiger partial charge >= 0.3 is 0 Å². The molecule has 0 radical (unpaired) electrons. The Kier molecular flexibility index (Phi) is 7.02. The molecule has 3 aromatic carbocycles. The number of aryl methyl sites for hydroxylation is 1. The lowest BCUT2D eigenvalue weighted by Crippen LogP contribution is -2.12. The molecule has 4 nitrogen and oxygen atoms in total. The molecule has 5 heteroatoms. The van der Waals surface area contributed by atoms with Crippen LogP contribution in [-0.4, -0.2) is 33.4 Å². The van der Waals surface area contributed by atoms with E-state index >= 15 is 0 Å². The zero-order chi connectivity index (χ0) is 19.8. The summed E-state index contributed by atoms with van der Waals surface area (Å²) in [7, 11) is 0. The van der Waals surface area contributed by atoms with Crippen LogP contribution in [0.1, 0.15) is 32.7 Å². The van der Waals surface area contributed by atoms with E-state index in [-0.39, 0.29) is 11.7 Å². The fourth-order valence-corrected chi connectivity index (χ4v) is 3.34. The predicted octanol–water partition coefficient (Wildman–Crippen LogP) is 3.76. The van der Waals surface area contributed by atoms with Crippen LogP contribution in [0, 0.1) is 0 Å². The number of Topliss-reactive ketones (excluding diaryl/α,β-unsaturated/α-hetero) is 1. The second kappa shape index (κ2) is 9.89. The maximum absolute atomic E-state index is 12.4. The van der Waals surface area contributed by atoms with Gasteiger partial charge in [-0.1, -0.05) is 42.5 Å². The van der Waals surface area contributed by atoms with Gasteiger partial charge in [0.1, 0.15) is 0 Å². The van der Waals surface area contributed by atoms with Crippen molar-refractivity contribution in [3.8, 4) is 0 Å². The Balaban J connectivity index is 1.54. The largest absolute Gasteiger partial charge is 0.400 e. The maximum atomic E-state index is 12.4. The van der Waals surface area contributed by atoms with E-state index in [9.17, 15) is 9.59 Å². The number of anilines is 2. The number of ketones is 1. The highest BCUT2D eigenvalue weighted by molar-refractivity contribution is 6.10. The van der Waals surface area contributed by atoms with Gasteiger partial charge in [-0.3, -0.25) is 9.59 Å². The van der Waals surface area contributed by atoms with Crippen molar-refractivity contribution in [3.63, 3.8) is 0 Å². The van der Waals surface area contributed by atoms with Crippen molar-refractivity contribution in [1.82, 2.24) is 0 Å². The molecule has 1 amide bonds. The Morgan fingerprint density at radius 1 is 0.750 bits per heavy atom. The van der Waals surface area contributed by atoms with E-state index in [1.165, 1.54) is 0 Å². The normalized spacial score (nSPS) is 10.3. The first kappa shape index (κ1) is 19.9. The monoisotopic (exact) mass is 386 g/mol. The van der Waals surface area contributed by atoms with E-state index in [2.05, 4.69) is 10.6 Å². The van der Waals surface area contributed by atoms with Gasteiger partial charge in [-0.25, -0.2) is 0 Å². The minimum Gasteiger partial charge on any atom is -0.400 e. The lowest BCUT2D eigenvalue weighted by molar-refractivity contribution is 0.0981. The molecule has 0 aliphatic carbocycles. The smallest absolute Gasteiger partial charge is 0.255 e. The molecule has 28 heavy (non-hydrogen) atoms. The molecule has 0 unspecified atom stereocenters. The second-order valence-corrected chi connectivity index (χ2v) is 7.26. The zero-order valence-electron chi connectivity index (χ0n) is 15.9. The Hall–Kier alpha value is -2.87. The van der Waals surface area contributed by atoms with Crippen molar-refractivity contribution in [2.45, 2.75) is 12.8 Å². The van der Waals surface area contributed by atoms with Gasteiger partial charge in [0.05, 0.1) is 0 Å². The third-order valence-corrected chi connectivity index (χ3v) is 4.83. The molecular weight excluding hydrogens is 363 g/mol. The first-order valence-electron chi connectivity index (χ1n) is 9.48. The van der Waals surface area contributed by atoms with Crippen molar-refractivity contribution in [2.75, 3.05) is 16.0 Å². The number of hydrogen-bond donors (Lipinski definition) is 2. The van der Waals surface area contributed by atoms with Crippen molar-refractivity contribution in [2.24, 2.45) is 0 Å². The highest BCUT2D eigenvalue weighted by atomic mass is 27.0. The SMILES string of the molecule is O=C(CCc1ccc(C(=O)Nc2ccc(N[CH2][AlH2])cc2)cc1)c1ccccc1. The second-order valence-electron chi connectivity index (χ2n) is 6.55. The number of hydrogen-bond acceptors (Lipinski definition) is 3. The number of nitrogens with one attached hydrogen (secondary N) is 2. The number of rotatable bonds is 8. The average molecular weight is 386 g/mol. The fourth-order valence-electron chi connectivity index (χ4n) is 2.93. The fraction of sp³-hybridized carbons (Fsp3) is 0.130. The summed E-state index contributed by atoms with van der Waals surface area (Å²) in [5.74, 6) is -0.0127. The van der Waals surface area contributed by atoms with Crippen LogP contribution in [0.4, 0.5) is 11.4 Å². The topological polar surface area (TPSA) is 58.2 Å². The molecule has 3 aromatic rings. The highest BCUT2D eigenvalue weighted by Crippen LogP contribution is 2.15. The minimum absolute atomic E-state index is 0.130. The van der Waals surface area contributed by atoms with Gasteiger partial charge < -0.3 is 10.6 Å². The molecule has 0 aromatic heterocycles. The standard InChI is InChI=1S/C23H21N2O2.Al.2H/c1-24-20-12-14-21(15-13-20)25-23(27)19-10-7-17(8-11-19)9-16-22(26)18-5-3-2-4-6-18;;;/h2-8,10-15,24H,1,9,16H2,(H,25,27);;;. The Morgan fingerprint density at radius 3 is 2.04 bits per heavy atom. The van der Waals surface area contributed by atoms with Crippen LogP contribution in [0.15, 0.2) is 78.9 Å². The third-order valence-electron chi connectivity index (χ3n) is 4.48. The maximum Gasteiger partial charge on any atom is 0.255 e. The first-order chi connectivity index (χ1) is 13.7. The summed E-state index contributed by atoms with van der Waals surface area (Å²) in [4.78, 5) is 24.6. The van der Waals surface area contributed by atoms with E-state index < -0.39 is 0 Å². The third kappa shape index (κ3) is 5.56. The molecule has 0 aliphatic heterocycles. The van der Waals surface area contributed by atoms with Crippen LogP contribution in [0.5, 0.6) is 0 Å². The molecule has 0 fully saturated rings. The van der Waals surface area contributed by atoms with E-state index in [4.69, 9.17) is 0 Å². The number of carbonyl (C=O) groups is 2. The van der Waals surface area contributed by atoms with Gasteiger partial charge in [-0.15, -0.1) is 0 Å². The van der Waals surface area contributed by atoms with Crippen molar-refractivity contribution < 1.29 is 9.59 Å². The quantitative estimate of drug-likeness (QED) is 0.458. The lowest BCUT2D eigenvalue weighted by atomic mass is 10.0. The van der Waals surface area contributed by atoms with E-state index in [1.54, 1.807) is 12.1 Å². The van der Waals surface area contributed by atoms with Crippen LogP contribution < -0.4 is 10.6 Å². The molecule has 0 saturated carbocycles. The summed E-state index contributed by atoms with van der Waals surface area (Å²) >= 11 is 1.10. The summed E-state index contributed by atoms with van der Waals surface area (Å²) in [5, 5.41) is 7.18. The molecule has 3 rings (SSSR count). The molecule has 0 spiro atoms. The summed E-state index contributed by atoms with van der Waals surface area (Å²) < 4.78 is 0. The molecular formula is C23H23AlN2O2. The number of amides is 1. The van der Waals surface area contributed by atoms with Crippen molar-refractivity contribution >= 4 is 39.4 Å². The van der Waals surface area contributed by atoms with Gasteiger partial charge in [0, 0.05) is 28.9 Å². The molecule has 140 valence electrons. The summed E-state index contributed by atoms with van der Waals surface area (Å²) in [6.07, 6.45) is 1.11. The van der Waals surface area contributed by atoms with Crippen LogP contribution in [0.25, 0.3) is 0 Å².